The van der Waals surface area contributed by atoms with Crippen LogP contribution >= 0.6 is 0 Å². The fourth-order valence-corrected chi connectivity index (χ4v) is 1.02. The van der Waals surface area contributed by atoms with Gasteiger partial charge in [-0.2, -0.15) is 0 Å². The third kappa shape index (κ3) is 2.99. The molecule has 6 nitrogen and oxygen atoms in total. The summed E-state index contributed by atoms with van der Waals surface area (Å²) in [4.78, 5) is 20.2. The number of phenols is 1. The van der Waals surface area contributed by atoms with Crippen molar-refractivity contribution in [1.29, 1.82) is 0 Å². The third-order valence-corrected chi connectivity index (χ3v) is 1.69. The first-order valence-corrected chi connectivity index (χ1v) is 3.61. The molecule has 15 heavy (non-hydrogen) atoms. The zero-order valence-electron chi connectivity index (χ0n) is 7.26. The van der Waals surface area contributed by atoms with Crippen molar-refractivity contribution >= 4 is 63.4 Å². The Bertz CT molecular complexity index is 393. The van der Waals surface area contributed by atoms with E-state index in [0.29, 0.717) is 0 Å². The molecule has 0 spiro atoms. The molecule has 0 fully saturated rings. The number of nitro benzene ring substituents is 1. The average Bonchev–Trinajstić information content (AvgIpc) is 2.17. The van der Waals surface area contributed by atoms with E-state index in [9.17, 15) is 20.0 Å². The topological polar surface area (TPSA) is 89.7 Å². The maximum absolute atomic E-state index is 10.5. The van der Waals surface area contributed by atoms with E-state index < -0.39 is 16.4 Å². The molecule has 1 rings (SSSR count). The summed E-state index contributed by atoms with van der Waals surface area (Å²) in [5.41, 5.74) is -0.826. The summed E-state index contributed by atoms with van der Waals surface area (Å²) >= 11 is 0. The Labute approximate surface area is 128 Å². The minimum absolute atomic E-state index is 0. The summed E-state index contributed by atoms with van der Waals surface area (Å²) < 4.78 is 4.69. The van der Waals surface area contributed by atoms with Crippen LogP contribution in [-0.4, -0.2) is 74.8 Å². The van der Waals surface area contributed by atoms with Gasteiger partial charge in [0.25, 0.3) is 5.69 Å². The first-order valence-electron chi connectivity index (χ1n) is 3.61. The molecule has 0 amide bonds. The second-order valence-corrected chi connectivity index (χ2v) is 2.42. The number of hydrogen-bond acceptors (Lipinski definition) is 5. The van der Waals surface area contributed by atoms with Crippen molar-refractivity contribution in [3.63, 3.8) is 0 Å². The molecular weight excluding hydrogens is 229 g/mol. The number of carbonyl (C=O) groups excluding carboxylic acids is 1. The summed E-state index contributed by atoms with van der Waals surface area (Å²) in [6.07, 6.45) is 0.218. The van der Waals surface area contributed by atoms with Crippen molar-refractivity contribution in [1.82, 2.24) is 0 Å². The molecule has 76 valence electrons. The van der Waals surface area contributed by atoms with Crippen LogP contribution in [0, 0.1) is 10.1 Å². The van der Waals surface area contributed by atoms with Gasteiger partial charge in [-0.25, -0.2) is 0 Å². The number of ether oxygens (including phenoxy) is 1. The van der Waals surface area contributed by atoms with E-state index in [1.807, 2.05) is 0 Å². The molecule has 7 heteroatoms. The van der Waals surface area contributed by atoms with E-state index in [0.717, 1.165) is 6.07 Å². The SMILES string of the molecule is COc1ccc([N+](=O)[O-])c(C=O)c1O.[KH]. The molecule has 1 aromatic rings. The van der Waals surface area contributed by atoms with Gasteiger partial charge in [-0.15, -0.1) is 0 Å². The van der Waals surface area contributed by atoms with E-state index in [1.165, 1.54) is 13.2 Å². The first kappa shape index (κ1) is 14.5. The van der Waals surface area contributed by atoms with Crippen LogP contribution < -0.4 is 4.74 Å². The van der Waals surface area contributed by atoms with Crippen molar-refractivity contribution in [2.24, 2.45) is 0 Å². The molecule has 0 bridgehead atoms. The van der Waals surface area contributed by atoms with Gasteiger partial charge in [0, 0.05) is 6.07 Å². The molecule has 0 aliphatic carbocycles. The number of phenolic OH excluding ortho intramolecular Hbond substituents is 1. The molecule has 0 radical (unpaired) electrons. The molecule has 0 saturated heterocycles. The predicted octanol–water partition coefficient (Wildman–Crippen LogP) is 0.473. The Hall–Kier alpha value is -0.474. The Balaban J connectivity index is 0.00000196. The van der Waals surface area contributed by atoms with Crippen LogP contribution in [0.1, 0.15) is 10.4 Å². The Kier molecular flexibility index (Phi) is 5.99. The van der Waals surface area contributed by atoms with E-state index in [-0.39, 0.29) is 69.0 Å². The fourth-order valence-electron chi connectivity index (χ4n) is 1.02. The number of aldehydes is 1. The standard InChI is InChI=1S/C8H7NO5.K.H/c1-14-7-3-2-6(9(12)13)5(4-10)8(7)11;;/h2-4,11H,1H3;;. The molecule has 0 aliphatic rings. The van der Waals surface area contributed by atoms with Gasteiger partial charge in [-0.05, 0) is 6.07 Å². The molecule has 0 saturated carbocycles. The quantitative estimate of drug-likeness (QED) is 0.357. The summed E-state index contributed by atoms with van der Waals surface area (Å²) in [6.45, 7) is 0. The van der Waals surface area contributed by atoms with Crippen molar-refractivity contribution in [3.05, 3.63) is 27.8 Å². The molecule has 0 atom stereocenters. The molecular formula is C8H8KNO5. The van der Waals surface area contributed by atoms with Gasteiger partial charge in [-0.3, -0.25) is 14.9 Å². The number of nitro groups is 1. The molecule has 0 aromatic heterocycles. The summed E-state index contributed by atoms with van der Waals surface area (Å²) in [5.74, 6) is -0.491. The van der Waals surface area contributed by atoms with Gasteiger partial charge in [0.2, 0.25) is 0 Å². The van der Waals surface area contributed by atoms with Crippen LogP contribution in [0.25, 0.3) is 0 Å². The fraction of sp³-hybridized carbons (Fsp3) is 0.125. The van der Waals surface area contributed by atoms with Crippen LogP contribution in [0.5, 0.6) is 11.5 Å². The number of benzene rings is 1. The summed E-state index contributed by atoms with van der Waals surface area (Å²) in [5, 5.41) is 19.8. The molecule has 0 heterocycles. The third-order valence-electron chi connectivity index (χ3n) is 1.69. The minimum atomic E-state index is -0.747. The Morgan fingerprint density at radius 1 is 1.53 bits per heavy atom. The number of rotatable bonds is 3. The van der Waals surface area contributed by atoms with E-state index in [2.05, 4.69) is 0 Å². The van der Waals surface area contributed by atoms with Gasteiger partial charge in [0.15, 0.2) is 17.8 Å². The molecule has 1 aromatic carbocycles. The van der Waals surface area contributed by atoms with Gasteiger partial charge in [0.1, 0.15) is 5.56 Å². The zero-order chi connectivity index (χ0) is 10.7. The second kappa shape index (κ2) is 6.18. The van der Waals surface area contributed by atoms with Crippen molar-refractivity contribution in [3.8, 4) is 11.5 Å². The van der Waals surface area contributed by atoms with Crippen molar-refractivity contribution in [2.75, 3.05) is 7.11 Å². The van der Waals surface area contributed by atoms with Gasteiger partial charge in [-0.1, -0.05) is 0 Å². The van der Waals surface area contributed by atoms with Crippen LogP contribution in [0.3, 0.4) is 0 Å². The van der Waals surface area contributed by atoms with E-state index in [1.54, 1.807) is 0 Å². The summed E-state index contributed by atoms with van der Waals surface area (Å²) in [7, 11) is 1.29. The number of carbonyl (C=O) groups is 1. The van der Waals surface area contributed by atoms with Gasteiger partial charge in [0.05, 0.1) is 12.0 Å². The molecule has 1 N–H and O–H groups in total. The monoisotopic (exact) mass is 237 g/mol. The Morgan fingerprint density at radius 2 is 2.13 bits per heavy atom. The normalized spacial score (nSPS) is 8.87. The van der Waals surface area contributed by atoms with Crippen LogP contribution in [0.2, 0.25) is 0 Å². The van der Waals surface area contributed by atoms with Gasteiger partial charge >= 0.3 is 51.4 Å². The predicted molar refractivity (Wildman–Crippen MR) is 53.8 cm³/mol. The Morgan fingerprint density at radius 3 is 2.53 bits per heavy atom. The van der Waals surface area contributed by atoms with Crippen molar-refractivity contribution < 1.29 is 19.6 Å². The molecule has 0 unspecified atom stereocenters. The van der Waals surface area contributed by atoms with Crippen LogP contribution in [0.4, 0.5) is 5.69 Å². The number of methoxy groups -OCH3 is 1. The van der Waals surface area contributed by atoms with E-state index >= 15 is 0 Å². The number of aromatic hydroxyl groups is 1. The maximum atomic E-state index is 10.5. The number of nitrogens with zero attached hydrogens (tertiary/aromatic N) is 1. The number of hydrogen-bond donors (Lipinski definition) is 1. The molecule has 0 aliphatic heterocycles. The first-order chi connectivity index (χ1) is 6.61. The summed E-state index contributed by atoms with van der Waals surface area (Å²) in [6, 6.07) is 2.32. The second-order valence-electron chi connectivity index (χ2n) is 2.42. The average molecular weight is 237 g/mol. The van der Waals surface area contributed by atoms with E-state index in [4.69, 9.17) is 4.74 Å². The van der Waals surface area contributed by atoms with Crippen LogP contribution in [-0.2, 0) is 0 Å². The van der Waals surface area contributed by atoms with Gasteiger partial charge < -0.3 is 9.84 Å². The zero-order valence-corrected chi connectivity index (χ0v) is 7.26. The van der Waals surface area contributed by atoms with Crippen molar-refractivity contribution in [2.45, 2.75) is 0 Å². The van der Waals surface area contributed by atoms with Crippen LogP contribution in [0.15, 0.2) is 12.1 Å².